The smallest absolute Gasteiger partial charge is 0.135 e. The normalized spacial score (nSPS) is 8.29. The minimum Gasteiger partial charge on any atom is -0.300 e. The fraction of sp³-hybridized carbons (Fsp3) is 0.400. The highest BCUT2D eigenvalue weighted by Gasteiger charge is 1.91. The minimum atomic E-state index is 0.0556. The number of Topliss-reactive ketones (excluding diaryl/α,β-unsaturated/α-hetero) is 1. The van der Waals surface area contributed by atoms with Gasteiger partial charge in [0.15, 0.2) is 0 Å². The van der Waals surface area contributed by atoms with Crippen molar-refractivity contribution < 1.29 is 4.79 Å². The molecule has 0 bridgehead atoms. The molecule has 0 unspecified atom stereocenters. The van der Waals surface area contributed by atoms with E-state index >= 15 is 0 Å². The maximum atomic E-state index is 10.1. The first-order valence-corrected chi connectivity index (χ1v) is 2.33. The number of halogens is 1. The summed E-state index contributed by atoms with van der Waals surface area (Å²) in [6, 6.07) is 0. The highest BCUT2D eigenvalue weighted by atomic mass is 35.5. The van der Waals surface area contributed by atoms with Crippen LogP contribution in [0.5, 0.6) is 0 Å². The molecule has 0 heterocycles. The highest BCUT2D eigenvalue weighted by molar-refractivity contribution is 6.30. The van der Waals surface area contributed by atoms with Crippen LogP contribution in [0.4, 0.5) is 0 Å². The lowest BCUT2D eigenvalue weighted by Crippen LogP contribution is -1.86. The fourth-order valence-corrected chi connectivity index (χ4v) is 0.458. The summed E-state index contributed by atoms with van der Waals surface area (Å²) >= 11 is 5.26. The van der Waals surface area contributed by atoms with Crippen LogP contribution in [-0.4, -0.2) is 5.78 Å². The van der Waals surface area contributed by atoms with Gasteiger partial charge in [-0.15, -0.1) is 0 Å². The Hall–Kier alpha value is -0.300. The molecule has 0 saturated heterocycles. The van der Waals surface area contributed by atoms with Gasteiger partial charge in [-0.05, 0) is 6.92 Å². The number of carbonyl (C=O) groups is 1. The average molecular weight is 119 g/mol. The van der Waals surface area contributed by atoms with E-state index in [4.69, 9.17) is 11.6 Å². The first-order valence-electron chi connectivity index (χ1n) is 1.95. The molecule has 0 fully saturated rings. The summed E-state index contributed by atoms with van der Waals surface area (Å²) in [7, 11) is 0. The van der Waals surface area contributed by atoms with E-state index in [-0.39, 0.29) is 5.78 Å². The number of allylic oxidation sites excluding steroid dienone is 1. The molecule has 0 atom stereocenters. The standard InChI is InChI=1S/C5H7ClO/c1-4(6)3-5(2)7/h1,3H2,2H3. The van der Waals surface area contributed by atoms with E-state index in [1.807, 2.05) is 0 Å². The lowest BCUT2D eigenvalue weighted by molar-refractivity contribution is -0.116. The molecule has 0 spiro atoms. The van der Waals surface area contributed by atoms with Gasteiger partial charge in [-0.3, -0.25) is 4.79 Å². The number of carbonyl (C=O) groups excluding carboxylic acids is 1. The topological polar surface area (TPSA) is 17.1 Å². The molecule has 0 aromatic carbocycles. The third kappa shape index (κ3) is 5.70. The van der Waals surface area contributed by atoms with Crippen LogP contribution in [0.25, 0.3) is 0 Å². The zero-order chi connectivity index (χ0) is 5.86. The van der Waals surface area contributed by atoms with E-state index < -0.39 is 0 Å². The molecule has 0 aliphatic heterocycles. The summed E-state index contributed by atoms with van der Waals surface area (Å²) < 4.78 is 0. The SMILES string of the molecule is C=C(Cl)CC(C)=O. The number of hydrogen-bond donors (Lipinski definition) is 0. The third-order valence-corrected chi connectivity index (χ3v) is 0.574. The van der Waals surface area contributed by atoms with Gasteiger partial charge in [-0.1, -0.05) is 18.2 Å². The van der Waals surface area contributed by atoms with Crippen molar-refractivity contribution in [3.05, 3.63) is 11.6 Å². The lowest BCUT2D eigenvalue weighted by Gasteiger charge is -1.84. The van der Waals surface area contributed by atoms with Crippen LogP contribution in [0.2, 0.25) is 0 Å². The Labute approximate surface area is 48.0 Å². The van der Waals surface area contributed by atoms with Crippen molar-refractivity contribution >= 4 is 17.4 Å². The van der Waals surface area contributed by atoms with E-state index in [9.17, 15) is 4.79 Å². The van der Waals surface area contributed by atoms with Crippen molar-refractivity contribution in [1.82, 2.24) is 0 Å². The Morgan fingerprint density at radius 1 is 1.86 bits per heavy atom. The Morgan fingerprint density at radius 2 is 2.29 bits per heavy atom. The van der Waals surface area contributed by atoms with E-state index in [0.717, 1.165) is 0 Å². The zero-order valence-corrected chi connectivity index (χ0v) is 4.96. The molecule has 0 radical (unpaired) electrons. The van der Waals surface area contributed by atoms with E-state index in [1.165, 1.54) is 6.92 Å². The molecule has 7 heavy (non-hydrogen) atoms. The maximum Gasteiger partial charge on any atom is 0.135 e. The third-order valence-electron chi connectivity index (χ3n) is 0.441. The largest absolute Gasteiger partial charge is 0.300 e. The second-order valence-electron chi connectivity index (χ2n) is 1.40. The quantitative estimate of drug-likeness (QED) is 0.540. The molecule has 0 aromatic rings. The minimum absolute atomic E-state index is 0.0556. The van der Waals surface area contributed by atoms with E-state index in [2.05, 4.69) is 6.58 Å². The van der Waals surface area contributed by atoms with Crippen LogP contribution in [-0.2, 0) is 4.79 Å². The van der Waals surface area contributed by atoms with E-state index in [0.29, 0.717) is 11.5 Å². The van der Waals surface area contributed by atoms with Gasteiger partial charge in [-0.25, -0.2) is 0 Å². The second kappa shape index (κ2) is 2.80. The lowest BCUT2D eigenvalue weighted by atomic mass is 10.3. The van der Waals surface area contributed by atoms with Crippen LogP contribution < -0.4 is 0 Å². The van der Waals surface area contributed by atoms with Gasteiger partial charge < -0.3 is 0 Å². The van der Waals surface area contributed by atoms with Crippen molar-refractivity contribution in [1.29, 1.82) is 0 Å². The van der Waals surface area contributed by atoms with Crippen LogP contribution in [0.1, 0.15) is 13.3 Å². The van der Waals surface area contributed by atoms with Gasteiger partial charge in [0.1, 0.15) is 5.78 Å². The van der Waals surface area contributed by atoms with Crippen LogP contribution in [0, 0.1) is 0 Å². The van der Waals surface area contributed by atoms with Gasteiger partial charge in [0.2, 0.25) is 0 Å². The highest BCUT2D eigenvalue weighted by Crippen LogP contribution is 2.01. The fourth-order valence-electron chi connectivity index (χ4n) is 0.270. The Morgan fingerprint density at radius 3 is 2.29 bits per heavy atom. The van der Waals surface area contributed by atoms with E-state index in [1.54, 1.807) is 0 Å². The van der Waals surface area contributed by atoms with Gasteiger partial charge in [0, 0.05) is 11.5 Å². The van der Waals surface area contributed by atoms with Crippen molar-refractivity contribution in [2.45, 2.75) is 13.3 Å². The summed E-state index contributed by atoms with van der Waals surface area (Å²) in [5, 5.41) is 0.410. The molecule has 0 saturated carbocycles. The first kappa shape index (κ1) is 6.70. The van der Waals surface area contributed by atoms with Gasteiger partial charge >= 0.3 is 0 Å². The molecule has 0 aliphatic carbocycles. The molecule has 40 valence electrons. The average Bonchev–Trinajstić information content (AvgIpc) is 1.27. The van der Waals surface area contributed by atoms with Crippen molar-refractivity contribution in [3.8, 4) is 0 Å². The number of ketones is 1. The summed E-state index contributed by atoms with van der Waals surface area (Å²) in [6.45, 7) is 4.82. The van der Waals surface area contributed by atoms with Crippen LogP contribution >= 0.6 is 11.6 Å². The predicted molar refractivity (Wildman–Crippen MR) is 30.3 cm³/mol. The molecule has 0 N–H and O–H groups in total. The number of hydrogen-bond acceptors (Lipinski definition) is 1. The van der Waals surface area contributed by atoms with Crippen molar-refractivity contribution in [2.75, 3.05) is 0 Å². The second-order valence-corrected chi connectivity index (χ2v) is 1.93. The zero-order valence-electron chi connectivity index (χ0n) is 4.20. The molecule has 0 amide bonds. The molecule has 2 heteroatoms. The first-order chi connectivity index (χ1) is 3.13. The molecule has 1 nitrogen and oxygen atoms in total. The molecule has 0 aromatic heterocycles. The Bertz CT molecular complexity index is 84.3. The summed E-state index contributed by atoms with van der Waals surface area (Å²) in [4.78, 5) is 10.1. The summed E-state index contributed by atoms with van der Waals surface area (Å²) in [6.07, 6.45) is 0.293. The van der Waals surface area contributed by atoms with Crippen LogP contribution in [0.15, 0.2) is 11.6 Å². The molecular weight excluding hydrogens is 112 g/mol. The molecule has 0 rings (SSSR count). The Kier molecular flexibility index (Phi) is 2.68. The monoisotopic (exact) mass is 118 g/mol. The van der Waals surface area contributed by atoms with Gasteiger partial charge in [0.05, 0.1) is 0 Å². The van der Waals surface area contributed by atoms with Gasteiger partial charge in [-0.2, -0.15) is 0 Å². The molecule has 0 aliphatic rings. The van der Waals surface area contributed by atoms with Crippen LogP contribution in [0.3, 0.4) is 0 Å². The summed E-state index contributed by atoms with van der Waals surface area (Å²) in [5.41, 5.74) is 0. The van der Waals surface area contributed by atoms with Crippen molar-refractivity contribution in [3.63, 3.8) is 0 Å². The Balaban J connectivity index is 3.32. The maximum absolute atomic E-state index is 10.1. The van der Waals surface area contributed by atoms with Crippen molar-refractivity contribution in [2.24, 2.45) is 0 Å². The predicted octanol–water partition coefficient (Wildman–Crippen LogP) is 1.72. The van der Waals surface area contributed by atoms with Gasteiger partial charge in [0.25, 0.3) is 0 Å². The molecular formula is C5H7ClO. The number of rotatable bonds is 2. The summed E-state index contributed by atoms with van der Waals surface area (Å²) in [5.74, 6) is 0.0556.